The van der Waals surface area contributed by atoms with Crippen LogP contribution in [0.5, 0.6) is 0 Å². The van der Waals surface area contributed by atoms with Gasteiger partial charge in [-0.1, -0.05) is 30.3 Å². The third-order valence-corrected chi connectivity index (χ3v) is 4.89. The largest absolute Gasteiger partial charge is 0.377 e. The summed E-state index contributed by atoms with van der Waals surface area (Å²) in [6.07, 6.45) is 4.26. The maximum absolute atomic E-state index is 12.6. The summed E-state index contributed by atoms with van der Waals surface area (Å²) >= 11 is 0. The van der Waals surface area contributed by atoms with Crippen molar-refractivity contribution in [1.82, 2.24) is 14.5 Å². The quantitative estimate of drug-likeness (QED) is 0.676. The number of anilines is 1. The molecule has 0 N–H and O–H groups in total. The van der Waals surface area contributed by atoms with E-state index in [9.17, 15) is 4.79 Å². The van der Waals surface area contributed by atoms with Crippen molar-refractivity contribution < 1.29 is 4.74 Å². The average molecular weight is 399 g/mol. The molecule has 6 nitrogen and oxygen atoms in total. The third kappa shape index (κ3) is 4.24. The lowest BCUT2D eigenvalue weighted by atomic mass is 10.0. The van der Waals surface area contributed by atoms with Gasteiger partial charge >= 0.3 is 0 Å². The molecule has 2 aromatic heterocycles. The molecule has 7 heteroatoms. The minimum Gasteiger partial charge on any atom is -0.377 e. The molecule has 1 atom stereocenters. The summed E-state index contributed by atoms with van der Waals surface area (Å²) < 4.78 is 7.34. The Morgan fingerprint density at radius 1 is 1.14 bits per heavy atom. The Labute approximate surface area is 170 Å². The molecule has 0 saturated carbocycles. The maximum Gasteiger partial charge on any atom is 0.255 e. The van der Waals surface area contributed by atoms with Crippen LogP contribution >= 0.6 is 12.4 Å². The van der Waals surface area contributed by atoms with Gasteiger partial charge in [0, 0.05) is 37.6 Å². The van der Waals surface area contributed by atoms with E-state index in [1.807, 2.05) is 30.3 Å². The molecular weight excluding hydrogens is 376 g/mol. The molecule has 0 bridgehead atoms. The zero-order valence-electron chi connectivity index (χ0n) is 15.7. The summed E-state index contributed by atoms with van der Waals surface area (Å²) in [5.74, 6) is 0.679. The van der Waals surface area contributed by atoms with Crippen LogP contribution in [0.3, 0.4) is 0 Å². The van der Waals surface area contributed by atoms with Crippen molar-refractivity contribution in [3.63, 3.8) is 0 Å². The lowest BCUT2D eigenvalue weighted by molar-refractivity contribution is 0.0928. The zero-order valence-corrected chi connectivity index (χ0v) is 16.5. The predicted molar refractivity (Wildman–Crippen MR) is 112 cm³/mol. The molecule has 146 valence electrons. The summed E-state index contributed by atoms with van der Waals surface area (Å²) in [6, 6.07) is 15.8. The van der Waals surface area contributed by atoms with Gasteiger partial charge in [0.1, 0.15) is 0 Å². The van der Waals surface area contributed by atoms with E-state index in [1.165, 1.54) is 5.56 Å². The van der Waals surface area contributed by atoms with Crippen molar-refractivity contribution in [2.24, 2.45) is 7.05 Å². The van der Waals surface area contributed by atoms with E-state index in [4.69, 9.17) is 9.72 Å². The minimum absolute atomic E-state index is 0. The number of pyridine rings is 1. The molecule has 1 fully saturated rings. The van der Waals surface area contributed by atoms with Gasteiger partial charge in [0.15, 0.2) is 0 Å². The molecule has 0 spiro atoms. The van der Waals surface area contributed by atoms with E-state index in [1.54, 1.807) is 30.1 Å². The van der Waals surface area contributed by atoms with Gasteiger partial charge in [0.05, 0.1) is 24.9 Å². The Morgan fingerprint density at radius 2 is 1.89 bits per heavy atom. The Hall–Kier alpha value is -2.70. The van der Waals surface area contributed by atoms with Crippen molar-refractivity contribution in [3.8, 4) is 11.3 Å². The average Bonchev–Trinajstić information content (AvgIpc) is 2.72. The van der Waals surface area contributed by atoms with Crippen LogP contribution in [0.15, 0.2) is 65.7 Å². The third-order valence-electron chi connectivity index (χ3n) is 4.89. The van der Waals surface area contributed by atoms with Crippen LogP contribution in [0.25, 0.3) is 11.3 Å². The smallest absolute Gasteiger partial charge is 0.255 e. The van der Waals surface area contributed by atoms with Crippen LogP contribution in [0, 0.1) is 0 Å². The Balaban J connectivity index is 0.00000225. The number of benzene rings is 1. The van der Waals surface area contributed by atoms with Crippen molar-refractivity contribution in [1.29, 1.82) is 0 Å². The highest BCUT2D eigenvalue weighted by Gasteiger charge is 2.27. The maximum atomic E-state index is 12.6. The van der Waals surface area contributed by atoms with Gasteiger partial charge in [-0.2, -0.15) is 0 Å². The van der Waals surface area contributed by atoms with Crippen molar-refractivity contribution >= 4 is 18.4 Å². The predicted octanol–water partition coefficient (Wildman–Crippen LogP) is 2.71. The van der Waals surface area contributed by atoms with Gasteiger partial charge in [-0.25, -0.2) is 4.98 Å². The van der Waals surface area contributed by atoms with Crippen molar-refractivity contribution in [2.45, 2.75) is 12.5 Å². The number of rotatable bonds is 4. The van der Waals surface area contributed by atoms with Gasteiger partial charge < -0.3 is 9.64 Å². The van der Waals surface area contributed by atoms with Crippen LogP contribution in [-0.4, -0.2) is 40.3 Å². The first-order valence-electron chi connectivity index (χ1n) is 9.09. The summed E-state index contributed by atoms with van der Waals surface area (Å²) in [5, 5.41) is 0. The minimum atomic E-state index is -0.0724. The summed E-state index contributed by atoms with van der Waals surface area (Å²) in [6.45, 7) is 1.95. The Bertz CT molecular complexity index is 963. The number of nitrogens with zero attached hydrogens (tertiary/aromatic N) is 4. The lowest BCUT2D eigenvalue weighted by Crippen LogP contribution is -2.49. The van der Waals surface area contributed by atoms with Gasteiger partial charge in [-0.05, 0) is 24.1 Å². The van der Waals surface area contributed by atoms with Gasteiger partial charge in [0.25, 0.3) is 5.56 Å². The van der Waals surface area contributed by atoms with E-state index in [-0.39, 0.29) is 24.0 Å². The fourth-order valence-electron chi connectivity index (χ4n) is 3.43. The highest BCUT2D eigenvalue weighted by Crippen LogP contribution is 2.22. The van der Waals surface area contributed by atoms with E-state index in [0.29, 0.717) is 31.4 Å². The molecule has 28 heavy (non-hydrogen) atoms. The summed E-state index contributed by atoms with van der Waals surface area (Å²) in [7, 11) is 1.77. The SMILES string of the molecule is Cl.Cn1c(N2CCOC[C@@H]2Cc2ccccc2)nc(-c2ccncc2)cc1=O. The monoisotopic (exact) mass is 398 g/mol. The molecule has 3 heterocycles. The fourth-order valence-corrected chi connectivity index (χ4v) is 3.43. The molecule has 1 aromatic carbocycles. The molecule has 4 rings (SSSR count). The second kappa shape index (κ2) is 8.99. The normalized spacial score (nSPS) is 16.5. The van der Waals surface area contributed by atoms with E-state index >= 15 is 0 Å². The van der Waals surface area contributed by atoms with Gasteiger partial charge in [-0.15, -0.1) is 12.4 Å². The summed E-state index contributed by atoms with van der Waals surface area (Å²) in [5.41, 5.74) is 2.72. The Kier molecular flexibility index (Phi) is 6.44. The van der Waals surface area contributed by atoms with Gasteiger partial charge in [-0.3, -0.25) is 14.3 Å². The number of aromatic nitrogens is 3. The molecule has 0 amide bonds. The molecule has 1 aliphatic heterocycles. The fraction of sp³-hybridized carbons (Fsp3) is 0.286. The first-order valence-corrected chi connectivity index (χ1v) is 9.09. The van der Waals surface area contributed by atoms with Crippen LogP contribution in [0.2, 0.25) is 0 Å². The van der Waals surface area contributed by atoms with E-state index < -0.39 is 0 Å². The highest BCUT2D eigenvalue weighted by atomic mass is 35.5. The molecule has 1 saturated heterocycles. The lowest BCUT2D eigenvalue weighted by Gasteiger charge is -2.37. The second-order valence-corrected chi connectivity index (χ2v) is 6.69. The first kappa shape index (κ1) is 20.0. The Morgan fingerprint density at radius 3 is 2.64 bits per heavy atom. The standard InChI is InChI=1S/C21H22N4O2.ClH/c1-24-20(26)14-19(17-7-9-22-10-8-17)23-21(24)25-11-12-27-15-18(25)13-16-5-3-2-4-6-16;/h2-10,14,18H,11-13,15H2,1H3;1H/t18-;/m0./s1. The molecule has 0 unspecified atom stereocenters. The van der Waals surface area contributed by atoms with Crippen LogP contribution < -0.4 is 10.5 Å². The number of hydrogen-bond acceptors (Lipinski definition) is 5. The molecule has 0 aliphatic carbocycles. The second-order valence-electron chi connectivity index (χ2n) is 6.69. The van der Waals surface area contributed by atoms with E-state index in [2.05, 4.69) is 22.0 Å². The summed E-state index contributed by atoms with van der Waals surface area (Å²) in [4.78, 5) is 23.7. The van der Waals surface area contributed by atoms with Crippen molar-refractivity contribution in [2.75, 3.05) is 24.7 Å². The van der Waals surface area contributed by atoms with Crippen LogP contribution in [0.4, 0.5) is 5.95 Å². The number of halogens is 1. The van der Waals surface area contributed by atoms with Crippen LogP contribution in [0.1, 0.15) is 5.56 Å². The first-order chi connectivity index (χ1) is 13.2. The molecule has 3 aromatic rings. The molecular formula is C21H23ClN4O2. The number of ether oxygens (including phenoxy) is 1. The van der Waals surface area contributed by atoms with E-state index in [0.717, 1.165) is 12.0 Å². The molecule has 0 radical (unpaired) electrons. The van der Waals surface area contributed by atoms with Crippen LogP contribution in [-0.2, 0) is 18.2 Å². The van der Waals surface area contributed by atoms with Crippen molar-refractivity contribution in [3.05, 3.63) is 76.8 Å². The number of morpholine rings is 1. The molecule has 1 aliphatic rings. The number of hydrogen-bond donors (Lipinski definition) is 0. The van der Waals surface area contributed by atoms with Gasteiger partial charge in [0.2, 0.25) is 5.95 Å². The highest BCUT2D eigenvalue weighted by molar-refractivity contribution is 5.85. The topological polar surface area (TPSA) is 60.2 Å². The zero-order chi connectivity index (χ0) is 18.6.